The first-order chi connectivity index (χ1) is 11.5. The summed E-state index contributed by atoms with van der Waals surface area (Å²) in [6, 6.07) is 12.0. The summed E-state index contributed by atoms with van der Waals surface area (Å²) in [4.78, 5) is 10.8. The maximum atomic E-state index is 10.8. The number of nitrogens with one attached hydrogen (secondary N) is 2. The van der Waals surface area contributed by atoms with Gasteiger partial charge in [0.1, 0.15) is 11.5 Å². The monoisotopic (exact) mass is 346 g/mol. The van der Waals surface area contributed by atoms with E-state index in [4.69, 9.17) is 26.8 Å². The minimum Gasteiger partial charge on any atom is -0.497 e. The summed E-state index contributed by atoms with van der Waals surface area (Å²) in [5.74, 6) is 0.359. The van der Waals surface area contributed by atoms with Gasteiger partial charge in [-0.05, 0) is 42.0 Å². The second kappa shape index (κ2) is 8.16. The van der Waals surface area contributed by atoms with Gasteiger partial charge in [-0.15, -0.1) is 0 Å². The Hall–Kier alpha value is -2.80. The zero-order valence-electron chi connectivity index (χ0n) is 13.3. The molecule has 2 aromatic carbocycles. The molecule has 0 aliphatic carbocycles. The molecule has 0 atom stereocenters. The van der Waals surface area contributed by atoms with Gasteiger partial charge in [-0.1, -0.05) is 12.1 Å². The molecule has 0 aliphatic heterocycles. The van der Waals surface area contributed by atoms with E-state index in [1.807, 2.05) is 6.07 Å². The molecule has 0 unspecified atom stereocenters. The maximum absolute atomic E-state index is 10.8. The zero-order valence-corrected chi connectivity index (χ0v) is 14.1. The first-order valence-electron chi connectivity index (χ1n) is 7.12. The Morgan fingerprint density at radius 2 is 1.83 bits per heavy atom. The van der Waals surface area contributed by atoms with Crippen LogP contribution in [-0.2, 0) is 6.54 Å². The highest BCUT2D eigenvalue weighted by Gasteiger charge is 2.07. The molecule has 0 aliphatic rings. The number of hydrogen-bond acceptors (Lipinski definition) is 4. The van der Waals surface area contributed by atoms with Gasteiger partial charge < -0.3 is 25.2 Å². The Kier molecular flexibility index (Phi) is 5.97. The van der Waals surface area contributed by atoms with Crippen LogP contribution >= 0.6 is 12.2 Å². The second-order valence-electron chi connectivity index (χ2n) is 4.88. The fourth-order valence-electron chi connectivity index (χ4n) is 2.02. The second-order valence-corrected chi connectivity index (χ2v) is 5.28. The van der Waals surface area contributed by atoms with E-state index < -0.39 is 5.97 Å². The van der Waals surface area contributed by atoms with Gasteiger partial charge in [-0.3, -0.25) is 0 Å². The maximum Gasteiger partial charge on any atom is 0.335 e. The number of carboxylic acid groups (broad SMARTS) is 1. The number of methoxy groups -OCH3 is 2. The Morgan fingerprint density at radius 1 is 1.12 bits per heavy atom. The van der Waals surface area contributed by atoms with Gasteiger partial charge in [-0.25, -0.2) is 4.79 Å². The van der Waals surface area contributed by atoms with Crippen molar-refractivity contribution in [1.82, 2.24) is 5.32 Å². The molecule has 7 heteroatoms. The molecule has 0 radical (unpaired) electrons. The van der Waals surface area contributed by atoms with Gasteiger partial charge in [0, 0.05) is 12.6 Å². The molecule has 0 bridgehead atoms. The van der Waals surface area contributed by atoms with Crippen molar-refractivity contribution in [3.05, 3.63) is 53.6 Å². The molecule has 0 aromatic heterocycles. The average molecular weight is 346 g/mol. The molecule has 0 heterocycles. The molecule has 0 saturated carbocycles. The topological polar surface area (TPSA) is 79.8 Å². The molecular formula is C17H18N2O4S. The van der Waals surface area contributed by atoms with Crippen LogP contribution in [0.15, 0.2) is 42.5 Å². The lowest BCUT2D eigenvalue weighted by Gasteiger charge is -2.14. The van der Waals surface area contributed by atoms with E-state index >= 15 is 0 Å². The lowest BCUT2D eigenvalue weighted by Crippen LogP contribution is -2.28. The molecule has 3 N–H and O–H groups in total. The Morgan fingerprint density at radius 3 is 2.42 bits per heavy atom. The lowest BCUT2D eigenvalue weighted by atomic mass is 10.1. The van der Waals surface area contributed by atoms with Crippen LogP contribution in [0.5, 0.6) is 11.5 Å². The Bertz CT molecular complexity index is 732. The summed E-state index contributed by atoms with van der Waals surface area (Å²) in [5, 5.41) is 15.4. The summed E-state index contributed by atoms with van der Waals surface area (Å²) in [7, 11) is 3.16. The molecule has 2 aromatic rings. The number of carboxylic acids is 1. The Labute approximate surface area is 145 Å². The number of thiocarbonyl (C=S) groups is 1. The van der Waals surface area contributed by atoms with Crippen molar-refractivity contribution in [2.75, 3.05) is 19.5 Å². The number of anilines is 1. The highest BCUT2D eigenvalue weighted by atomic mass is 32.1. The van der Waals surface area contributed by atoms with Crippen LogP contribution in [0.1, 0.15) is 15.9 Å². The average Bonchev–Trinajstić information content (AvgIpc) is 2.60. The minimum atomic E-state index is -0.946. The van der Waals surface area contributed by atoms with Gasteiger partial charge in [0.05, 0.1) is 25.5 Å². The first kappa shape index (κ1) is 17.6. The van der Waals surface area contributed by atoms with Crippen LogP contribution in [0.2, 0.25) is 0 Å². The Balaban J connectivity index is 1.94. The third-order valence-corrected chi connectivity index (χ3v) is 3.56. The van der Waals surface area contributed by atoms with Gasteiger partial charge in [0.2, 0.25) is 0 Å². The van der Waals surface area contributed by atoms with Crippen LogP contribution in [0.25, 0.3) is 0 Å². The quantitative estimate of drug-likeness (QED) is 0.694. The smallest absolute Gasteiger partial charge is 0.335 e. The van der Waals surface area contributed by atoms with Crippen LogP contribution in [0.4, 0.5) is 5.69 Å². The van der Waals surface area contributed by atoms with Crippen molar-refractivity contribution in [1.29, 1.82) is 0 Å². The summed E-state index contributed by atoms with van der Waals surface area (Å²) < 4.78 is 10.5. The van der Waals surface area contributed by atoms with E-state index in [9.17, 15) is 4.79 Å². The molecule has 126 valence electrons. The SMILES string of the molecule is COc1ccc(NC(=S)NCc2ccc(C(=O)O)cc2)c(OC)c1. The van der Waals surface area contributed by atoms with Crippen LogP contribution in [0.3, 0.4) is 0 Å². The van der Waals surface area contributed by atoms with Gasteiger partial charge in [-0.2, -0.15) is 0 Å². The number of carbonyl (C=O) groups is 1. The van der Waals surface area contributed by atoms with Gasteiger partial charge >= 0.3 is 5.97 Å². The standard InChI is InChI=1S/C17H18N2O4S/c1-22-13-7-8-14(15(9-13)23-2)19-17(24)18-10-11-3-5-12(6-4-11)16(20)21/h3-9H,10H2,1-2H3,(H,20,21)(H2,18,19,24). The van der Waals surface area contributed by atoms with Gasteiger partial charge in [0.25, 0.3) is 0 Å². The van der Waals surface area contributed by atoms with Crippen molar-refractivity contribution in [3.8, 4) is 11.5 Å². The van der Waals surface area contributed by atoms with Gasteiger partial charge in [0.15, 0.2) is 5.11 Å². The van der Waals surface area contributed by atoms with E-state index in [2.05, 4.69) is 10.6 Å². The molecule has 0 fully saturated rings. The number of hydrogen-bond donors (Lipinski definition) is 3. The van der Waals surface area contributed by atoms with Crippen molar-refractivity contribution >= 4 is 29.0 Å². The molecule has 6 nitrogen and oxygen atoms in total. The molecule has 2 rings (SSSR count). The van der Waals surface area contributed by atoms with Crippen molar-refractivity contribution in [3.63, 3.8) is 0 Å². The predicted octanol–water partition coefficient (Wildman–Crippen LogP) is 2.89. The molecule has 24 heavy (non-hydrogen) atoms. The van der Waals surface area contributed by atoms with Crippen molar-refractivity contribution in [2.45, 2.75) is 6.54 Å². The summed E-state index contributed by atoms with van der Waals surface area (Å²) in [6.45, 7) is 0.476. The van der Waals surface area contributed by atoms with E-state index in [0.29, 0.717) is 23.2 Å². The largest absolute Gasteiger partial charge is 0.497 e. The fourth-order valence-corrected chi connectivity index (χ4v) is 2.20. The van der Waals surface area contributed by atoms with Crippen LogP contribution in [0, 0.1) is 0 Å². The summed E-state index contributed by atoms with van der Waals surface area (Å²) in [5.41, 5.74) is 1.89. The summed E-state index contributed by atoms with van der Waals surface area (Å²) >= 11 is 5.27. The number of benzene rings is 2. The predicted molar refractivity (Wildman–Crippen MR) is 96.0 cm³/mol. The van der Waals surface area contributed by atoms with E-state index in [1.165, 1.54) is 0 Å². The third kappa shape index (κ3) is 4.60. The molecular weight excluding hydrogens is 328 g/mol. The van der Waals surface area contributed by atoms with E-state index in [0.717, 1.165) is 11.3 Å². The minimum absolute atomic E-state index is 0.252. The molecule has 0 saturated heterocycles. The third-order valence-electron chi connectivity index (χ3n) is 3.31. The molecule has 0 spiro atoms. The normalized spacial score (nSPS) is 9.92. The van der Waals surface area contributed by atoms with Crippen molar-refractivity contribution in [2.24, 2.45) is 0 Å². The lowest BCUT2D eigenvalue weighted by molar-refractivity contribution is 0.0697. The van der Waals surface area contributed by atoms with E-state index in [-0.39, 0.29) is 5.56 Å². The highest BCUT2D eigenvalue weighted by molar-refractivity contribution is 7.80. The summed E-state index contributed by atoms with van der Waals surface area (Å²) in [6.07, 6.45) is 0. The zero-order chi connectivity index (χ0) is 17.5. The first-order valence-corrected chi connectivity index (χ1v) is 7.53. The van der Waals surface area contributed by atoms with Crippen molar-refractivity contribution < 1.29 is 19.4 Å². The van der Waals surface area contributed by atoms with Crippen LogP contribution < -0.4 is 20.1 Å². The fraction of sp³-hybridized carbons (Fsp3) is 0.176. The number of aromatic carboxylic acids is 1. The number of ether oxygens (including phenoxy) is 2. The van der Waals surface area contributed by atoms with E-state index in [1.54, 1.807) is 50.6 Å². The van der Waals surface area contributed by atoms with Crippen LogP contribution in [-0.4, -0.2) is 30.4 Å². The number of rotatable bonds is 6. The highest BCUT2D eigenvalue weighted by Crippen LogP contribution is 2.28. The molecule has 0 amide bonds.